The molecule has 0 amide bonds. The number of hydrogen-bond acceptors (Lipinski definition) is 2. The first-order valence-corrected chi connectivity index (χ1v) is 3.75. The van der Waals surface area contributed by atoms with Gasteiger partial charge in [0.25, 0.3) is 0 Å². The molecule has 1 aromatic rings. The number of nitrogens with zero attached hydrogens (tertiary/aromatic N) is 1. The molecule has 0 aliphatic heterocycles. The van der Waals surface area contributed by atoms with E-state index in [4.69, 9.17) is 0 Å². The van der Waals surface area contributed by atoms with Crippen molar-refractivity contribution >= 4 is 6.29 Å². The molecule has 0 bridgehead atoms. The summed E-state index contributed by atoms with van der Waals surface area (Å²) in [5.41, 5.74) is -5.11. The van der Waals surface area contributed by atoms with Crippen LogP contribution in [0.3, 0.4) is 0 Å². The van der Waals surface area contributed by atoms with Crippen LogP contribution in [-0.4, -0.2) is 11.3 Å². The lowest BCUT2D eigenvalue weighted by molar-refractivity contribution is -0.162. The van der Waals surface area contributed by atoms with Gasteiger partial charge in [0.1, 0.15) is 0 Å². The quantitative estimate of drug-likeness (QED) is 0.560. The van der Waals surface area contributed by atoms with Gasteiger partial charge in [0.15, 0.2) is 6.29 Å². The first-order chi connectivity index (χ1) is 7.18. The first kappa shape index (κ1) is 12.5. The number of carbonyl (C=O) groups is 1. The Bertz CT molecular complexity index is 408. The maximum absolute atomic E-state index is 12.3. The molecule has 0 N–H and O–H groups in total. The van der Waals surface area contributed by atoms with E-state index in [1.807, 2.05) is 0 Å². The monoisotopic (exact) mass is 243 g/mol. The average molecular weight is 243 g/mol. The topological polar surface area (TPSA) is 30.0 Å². The van der Waals surface area contributed by atoms with Crippen LogP contribution in [0.4, 0.5) is 26.3 Å². The van der Waals surface area contributed by atoms with Crippen LogP contribution in [0.1, 0.15) is 21.5 Å². The van der Waals surface area contributed by atoms with Gasteiger partial charge in [0.05, 0.1) is 11.1 Å². The third kappa shape index (κ3) is 2.31. The van der Waals surface area contributed by atoms with Crippen LogP contribution in [-0.2, 0) is 12.4 Å². The Morgan fingerprint density at radius 2 is 1.56 bits per heavy atom. The Balaban J connectivity index is 3.57. The largest absolute Gasteiger partial charge is 0.418 e. The molecule has 0 aliphatic rings. The van der Waals surface area contributed by atoms with Crippen molar-refractivity contribution in [1.29, 1.82) is 0 Å². The number of aromatic nitrogens is 1. The molecule has 0 unspecified atom stereocenters. The van der Waals surface area contributed by atoms with Gasteiger partial charge in [-0.05, 0) is 0 Å². The van der Waals surface area contributed by atoms with Gasteiger partial charge in [-0.1, -0.05) is 0 Å². The van der Waals surface area contributed by atoms with E-state index in [1.54, 1.807) is 0 Å². The van der Waals surface area contributed by atoms with E-state index < -0.39 is 29.0 Å². The van der Waals surface area contributed by atoms with Crippen LogP contribution in [0.15, 0.2) is 12.4 Å². The lowest BCUT2D eigenvalue weighted by Gasteiger charge is -2.15. The normalized spacial score (nSPS) is 12.6. The first-order valence-electron chi connectivity index (χ1n) is 3.75. The van der Waals surface area contributed by atoms with Crippen molar-refractivity contribution in [2.75, 3.05) is 0 Å². The second kappa shape index (κ2) is 3.76. The van der Waals surface area contributed by atoms with Gasteiger partial charge in [-0.25, -0.2) is 0 Å². The summed E-state index contributed by atoms with van der Waals surface area (Å²) in [6.45, 7) is 0. The maximum atomic E-state index is 12.3. The molecule has 0 fully saturated rings. The van der Waals surface area contributed by atoms with Crippen molar-refractivity contribution in [2.24, 2.45) is 0 Å². The number of alkyl halides is 6. The van der Waals surface area contributed by atoms with Gasteiger partial charge >= 0.3 is 12.4 Å². The van der Waals surface area contributed by atoms with E-state index in [2.05, 4.69) is 4.98 Å². The van der Waals surface area contributed by atoms with Crippen molar-refractivity contribution in [3.05, 3.63) is 29.1 Å². The summed E-state index contributed by atoms with van der Waals surface area (Å²) in [6.07, 6.45) is -10.3. The van der Waals surface area contributed by atoms with Gasteiger partial charge in [0.2, 0.25) is 0 Å². The summed E-state index contributed by atoms with van der Waals surface area (Å²) in [5.74, 6) is 0. The van der Waals surface area contributed by atoms with Gasteiger partial charge in [0, 0.05) is 18.0 Å². The minimum atomic E-state index is -5.26. The summed E-state index contributed by atoms with van der Waals surface area (Å²) in [4.78, 5) is 13.2. The van der Waals surface area contributed by atoms with Crippen LogP contribution in [0.5, 0.6) is 0 Å². The van der Waals surface area contributed by atoms with E-state index in [1.165, 1.54) is 0 Å². The number of hydrogen-bond donors (Lipinski definition) is 0. The second-order valence-corrected chi connectivity index (χ2v) is 2.76. The van der Waals surface area contributed by atoms with Crippen LogP contribution >= 0.6 is 0 Å². The van der Waals surface area contributed by atoms with Gasteiger partial charge in [-0.2, -0.15) is 26.3 Å². The number of halogens is 6. The Hall–Kier alpha value is -1.60. The number of aldehydes is 1. The highest BCUT2D eigenvalue weighted by Gasteiger charge is 2.45. The van der Waals surface area contributed by atoms with Crippen molar-refractivity contribution < 1.29 is 31.1 Å². The van der Waals surface area contributed by atoms with Crippen LogP contribution in [0, 0.1) is 0 Å². The Morgan fingerprint density at radius 3 is 1.94 bits per heavy atom. The van der Waals surface area contributed by atoms with Gasteiger partial charge in [-0.15, -0.1) is 0 Å². The highest BCUT2D eigenvalue weighted by molar-refractivity contribution is 5.77. The molecule has 2 nitrogen and oxygen atoms in total. The van der Waals surface area contributed by atoms with Crippen LogP contribution in [0.25, 0.3) is 0 Å². The molecule has 88 valence electrons. The molecule has 1 heterocycles. The number of carbonyl (C=O) groups excluding carboxylic acids is 1. The Kier molecular flexibility index (Phi) is 2.93. The Morgan fingerprint density at radius 1 is 1.00 bits per heavy atom. The van der Waals surface area contributed by atoms with Crippen molar-refractivity contribution in [2.45, 2.75) is 12.4 Å². The zero-order valence-electron chi connectivity index (χ0n) is 7.36. The second-order valence-electron chi connectivity index (χ2n) is 2.76. The van der Waals surface area contributed by atoms with Gasteiger partial charge in [-0.3, -0.25) is 9.78 Å². The van der Waals surface area contributed by atoms with Crippen molar-refractivity contribution in [3.63, 3.8) is 0 Å². The fourth-order valence-electron chi connectivity index (χ4n) is 1.10. The number of rotatable bonds is 1. The van der Waals surface area contributed by atoms with E-state index in [9.17, 15) is 31.1 Å². The molecular formula is C8H3F6NO. The predicted molar refractivity (Wildman–Crippen MR) is 39.6 cm³/mol. The van der Waals surface area contributed by atoms with Crippen molar-refractivity contribution in [1.82, 2.24) is 4.98 Å². The highest BCUT2D eigenvalue weighted by atomic mass is 19.4. The minimum absolute atomic E-state index is 0.0375. The fraction of sp³-hybridized carbons (Fsp3) is 0.250. The summed E-state index contributed by atoms with van der Waals surface area (Å²) >= 11 is 0. The zero-order chi connectivity index (χ0) is 12.6. The standard InChI is InChI=1S/C8H3F6NO/c9-7(10,11)5-2-15-1-4(3-16)6(5)8(12,13)14/h1-3H. The summed E-state index contributed by atoms with van der Waals surface area (Å²) in [6, 6.07) is 0. The molecule has 1 rings (SSSR count). The molecule has 1 aromatic heterocycles. The third-order valence-corrected chi connectivity index (χ3v) is 1.69. The summed E-state index contributed by atoms with van der Waals surface area (Å²) < 4.78 is 73.7. The molecule has 0 aliphatic carbocycles. The minimum Gasteiger partial charge on any atom is -0.298 e. The summed E-state index contributed by atoms with van der Waals surface area (Å²) in [5, 5.41) is 0. The van der Waals surface area contributed by atoms with E-state index in [0.717, 1.165) is 0 Å². The van der Waals surface area contributed by atoms with Crippen LogP contribution < -0.4 is 0 Å². The lowest BCUT2D eigenvalue weighted by atomic mass is 10.0. The molecule has 0 saturated carbocycles. The lowest BCUT2D eigenvalue weighted by Crippen LogP contribution is -2.19. The third-order valence-electron chi connectivity index (χ3n) is 1.69. The molecule has 0 aromatic carbocycles. The van der Waals surface area contributed by atoms with E-state index >= 15 is 0 Å². The van der Waals surface area contributed by atoms with Gasteiger partial charge < -0.3 is 0 Å². The summed E-state index contributed by atoms with van der Waals surface area (Å²) in [7, 11) is 0. The fourth-order valence-corrected chi connectivity index (χ4v) is 1.10. The molecule has 16 heavy (non-hydrogen) atoms. The molecule has 0 saturated heterocycles. The molecular weight excluding hydrogens is 240 g/mol. The molecule has 0 atom stereocenters. The smallest absolute Gasteiger partial charge is 0.298 e. The molecule has 8 heteroatoms. The maximum Gasteiger partial charge on any atom is 0.418 e. The number of pyridine rings is 1. The van der Waals surface area contributed by atoms with E-state index in [-0.39, 0.29) is 12.5 Å². The van der Waals surface area contributed by atoms with E-state index in [0.29, 0.717) is 6.20 Å². The Labute approximate surface area is 84.9 Å². The predicted octanol–water partition coefficient (Wildman–Crippen LogP) is 2.93. The highest BCUT2D eigenvalue weighted by Crippen LogP contribution is 2.40. The molecule has 0 radical (unpaired) electrons. The molecule has 0 spiro atoms. The average Bonchev–Trinajstić information content (AvgIpc) is 2.13. The SMILES string of the molecule is O=Cc1cncc(C(F)(F)F)c1C(F)(F)F. The zero-order valence-corrected chi connectivity index (χ0v) is 7.36. The van der Waals surface area contributed by atoms with Crippen molar-refractivity contribution in [3.8, 4) is 0 Å². The van der Waals surface area contributed by atoms with Crippen LogP contribution in [0.2, 0.25) is 0 Å².